The molecule has 1 rings (SSSR count). The Bertz CT molecular complexity index is 330. The van der Waals surface area contributed by atoms with E-state index in [2.05, 4.69) is 5.32 Å². The molecule has 0 atom stereocenters. The summed E-state index contributed by atoms with van der Waals surface area (Å²) in [5, 5.41) is 2.49. The molecule has 0 spiro atoms. The Morgan fingerprint density at radius 2 is 2.07 bits per heavy atom. The van der Waals surface area contributed by atoms with Crippen LogP contribution in [0.2, 0.25) is 0 Å². The van der Waals surface area contributed by atoms with E-state index >= 15 is 0 Å². The summed E-state index contributed by atoms with van der Waals surface area (Å²) in [5.41, 5.74) is 0.950. The number of hydrogen-bond acceptors (Lipinski definition) is 1. The molecule has 1 aromatic carbocycles. The van der Waals surface area contributed by atoms with Crippen molar-refractivity contribution in [2.45, 2.75) is 6.92 Å². The van der Waals surface area contributed by atoms with E-state index in [1.807, 2.05) is 0 Å². The monoisotopic (exact) mass is 196 g/mol. The SMILES string of the molecule is Cc1cccc(F)c1NC(=O)N(C)C. The van der Waals surface area contributed by atoms with Crippen LogP contribution in [-0.2, 0) is 0 Å². The Balaban J connectivity index is 2.91. The predicted octanol–water partition coefficient (Wildman–Crippen LogP) is 2.23. The lowest BCUT2D eigenvalue weighted by Crippen LogP contribution is -2.28. The van der Waals surface area contributed by atoms with Crippen LogP contribution in [-0.4, -0.2) is 25.0 Å². The highest BCUT2D eigenvalue weighted by atomic mass is 19.1. The molecular formula is C10H13FN2O. The summed E-state index contributed by atoms with van der Waals surface area (Å²) < 4.78 is 13.2. The molecule has 1 N–H and O–H groups in total. The molecule has 1 aromatic rings. The number of nitrogens with one attached hydrogen (secondary N) is 1. The van der Waals surface area contributed by atoms with Crippen molar-refractivity contribution in [2.75, 3.05) is 19.4 Å². The topological polar surface area (TPSA) is 32.3 Å². The number of rotatable bonds is 1. The van der Waals surface area contributed by atoms with Gasteiger partial charge in [0.2, 0.25) is 0 Å². The number of aryl methyl sites for hydroxylation is 1. The highest BCUT2D eigenvalue weighted by Gasteiger charge is 2.09. The summed E-state index contributed by atoms with van der Waals surface area (Å²) in [4.78, 5) is 12.6. The van der Waals surface area contributed by atoms with Crippen LogP contribution in [0.4, 0.5) is 14.9 Å². The van der Waals surface area contributed by atoms with Gasteiger partial charge in [0.05, 0.1) is 5.69 Å². The molecule has 2 amide bonds. The number of halogens is 1. The van der Waals surface area contributed by atoms with E-state index in [0.717, 1.165) is 0 Å². The number of para-hydroxylation sites is 1. The molecule has 0 heterocycles. The molecule has 0 unspecified atom stereocenters. The second-order valence-electron chi connectivity index (χ2n) is 3.26. The second-order valence-corrected chi connectivity index (χ2v) is 3.26. The van der Waals surface area contributed by atoms with E-state index in [4.69, 9.17) is 0 Å². The largest absolute Gasteiger partial charge is 0.331 e. The van der Waals surface area contributed by atoms with Gasteiger partial charge in [0.1, 0.15) is 5.82 Å². The zero-order valence-electron chi connectivity index (χ0n) is 8.47. The molecule has 4 heteroatoms. The Hall–Kier alpha value is -1.58. The van der Waals surface area contributed by atoms with Crippen molar-refractivity contribution in [2.24, 2.45) is 0 Å². The molecule has 76 valence electrons. The van der Waals surface area contributed by atoms with Crippen molar-refractivity contribution in [3.63, 3.8) is 0 Å². The molecule has 3 nitrogen and oxygen atoms in total. The maximum atomic E-state index is 13.2. The zero-order chi connectivity index (χ0) is 10.7. The van der Waals surface area contributed by atoms with Crippen LogP contribution < -0.4 is 5.32 Å². The minimum atomic E-state index is -0.416. The fourth-order valence-electron chi connectivity index (χ4n) is 1.01. The number of carbonyl (C=O) groups excluding carboxylic acids is 1. The number of anilines is 1. The fraction of sp³-hybridized carbons (Fsp3) is 0.300. The van der Waals surface area contributed by atoms with Crippen molar-refractivity contribution < 1.29 is 9.18 Å². The second kappa shape index (κ2) is 4.09. The third-order valence-electron chi connectivity index (χ3n) is 1.86. The molecule has 0 aromatic heterocycles. The average Bonchev–Trinajstić information content (AvgIpc) is 2.11. The molecule has 0 bridgehead atoms. The minimum absolute atomic E-state index is 0.242. The van der Waals surface area contributed by atoms with Gasteiger partial charge in [-0.1, -0.05) is 12.1 Å². The van der Waals surface area contributed by atoms with E-state index in [0.29, 0.717) is 5.56 Å². The smallest absolute Gasteiger partial charge is 0.321 e. The summed E-state index contributed by atoms with van der Waals surface area (Å²) in [7, 11) is 3.21. The van der Waals surface area contributed by atoms with Gasteiger partial charge in [-0.25, -0.2) is 9.18 Å². The predicted molar refractivity (Wildman–Crippen MR) is 53.8 cm³/mol. The molecular weight excluding hydrogens is 183 g/mol. The Morgan fingerprint density at radius 1 is 1.43 bits per heavy atom. The summed E-state index contributed by atoms with van der Waals surface area (Å²) in [6.07, 6.45) is 0. The third-order valence-corrected chi connectivity index (χ3v) is 1.86. The molecule has 0 saturated heterocycles. The number of hydrogen-bond donors (Lipinski definition) is 1. The third kappa shape index (κ3) is 2.22. The maximum absolute atomic E-state index is 13.2. The number of benzene rings is 1. The van der Waals surface area contributed by atoms with Crippen LogP contribution >= 0.6 is 0 Å². The molecule has 14 heavy (non-hydrogen) atoms. The van der Waals surface area contributed by atoms with Crippen molar-refractivity contribution in [1.82, 2.24) is 4.90 Å². The first kappa shape index (κ1) is 10.5. The van der Waals surface area contributed by atoms with Gasteiger partial charge in [-0.3, -0.25) is 0 Å². The van der Waals surface area contributed by atoms with Crippen LogP contribution in [0.25, 0.3) is 0 Å². The zero-order valence-corrected chi connectivity index (χ0v) is 8.47. The number of amides is 2. The summed E-state index contributed by atoms with van der Waals surface area (Å²) in [5.74, 6) is -0.416. The lowest BCUT2D eigenvalue weighted by Gasteiger charge is -2.13. The van der Waals surface area contributed by atoms with Gasteiger partial charge in [0.15, 0.2) is 0 Å². The normalized spacial score (nSPS) is 9.71. The van der Waals surface area contributed by atoms with Gasteiger partial charge in [0, 0.05) is 14.1 Å². The maximum Gasteiger partial charge on any atom is 0.321 e. The van der Waals surface area contributed by atoms with Crippen molar-refractivity contribution in [3.05, 3.63) is 29.6 Å². The minimum Gasteiger partial charge on any atom is -0.331 e. The molecule has 0 fully saturated rings. The van der Waals surface area contributed by atoms with Crippen molar-refractivity contribution >= 4 is 11.7 Å². The van der Waals surface area contributed by atoms with E-state index in [-0.39, 0.29) is 11.7 Å². The van der Waals surface area contributed by atoms with Crippen molar-refractivity contribution in [3.8, 4) is 0 Å². The Morgan fingerprint density at radius 3 is 2.57 bits per heavy atom. The molecule has 0 radical (unpaired) electrons. The highest BCUT2D eigenvalue weighted by molar-refractivity contribution is 5.89. The first-order valence-corrected chi connectivity index (χ1v) is 4.26. The van der Waals surface area contributed by atoms with Gasteiger partial charge in [0.25, 0.3) is 0 Å². The molecule has 0 saturated carbocycles. The Kier molecular flexibility index (Phi) is 3.06. The van der Waals surface area contributed by atoms with Crippen molar-refractivity contribution in [1.29, 1.82) is 0 Å². The lowest BCUT2D eigenvalue weighted by atomic mass is 10.2. The standard InChI is InChI=1S/C10H13FN2O/c1-7-5-4-6-8(11)9(7)12-10(14)13(2)3/h4-6H,1-3H3,(H,12,14). The summed E-state index contributed by atoms with van der Waals surface area (Å²) >= 11 is 0. The highest BCUT2D eigenvalue weighted by Crippen LogP contribution is 2.18. The first-order chi connectivity index (χ1) is 6.52. The van der Waals surface area contributed by atoms with Crippen LogP contribution in [0.15, 0.2) is 18.2 Å². The van der Waals surface area contributed by atoms with E-state index in [1.165, 1.54) is 11.0 Å². The molecule has 0 aliphatic carbocycles. The first-order valence-electron chi connectivity index (χ1n) is 4.26. The summed E-state index contributed by atoms with van der Waals surface area (Å²) in [6, 6.07) is 4.33. The fourth-order valence-corrected chi connectivity index (χ4v) is 1.01. The van der Waals surface area contributed by atoms with Gasteiger partial charge >= 0.3 is 6.03 Å². The van der Waals surface area contributed by atoms with Gasteiger partial charge in [-0.2, -0.15) is 0 Å². The van der Waals surface area contributed by atoms with Crippen LogP contribution in [0.1, 0.15) is 5.56 Å². The quantitative estimate of drug-likeness (QED) is 0.733. The Labute approximate surface area is 82.5 Å². The number of urea groups is 1. The van der Waals surface area contributed by atoms with Gasteiger partial charge < -0.3 is 10.2 Å². The van der Waals surface area contributed by atoms with E-state index in [9.17, 15) is 9.18 Å². The van der Waals surface area contributed by atoms with E-state index in [1.54, 1.807) is 33.2 Å². The number of carbonyl (C=O) groups is 1. The van der Waals surface area contributed by atoms with E-state index < -0.39 is 5.82 Å². The van der Waals surface area contributed by atoms with Gasteiger partial charge in [-0.15, -0.1) is 0 Å². The summed E-state index contributed by atoms with van der Waals surface area (Å²) in [6.45, 7) is 1.74. The van der Waals surface area contributed by atoms with Crippen LogP contribution in [0.3, 0.4) is 0 Å². The van der Waals surface area contributed by atoms with Crippen LogP contribution in [0, 0.1) is 12.7 Å². The number of nitrogens with zero attached hydrogens (tertiary/aromatic N) is 1. The van der Waals surface area contributed by atoms with Gasteiger partial charge in [-0.05, 0) is 18.6 Å². The molecule has 0 aliphatic heterocycles. The lowest BCUT2D eigenvalue weighted by molar-refractivity contribution is 0.230. The van der Waals surface area contributed by atoms with Crippen LogP contribution in [0.5, 0.6) is 0 Å². The molecule has 0 aliphatic rings. The average molecular weight is 196 g/mol.